The topological polar surface area (TPSA) is 44.0 Å². The van der Waals surface area contributed by atoms with Crippen molar-refractivity contribution in [1.29, 1.82) is 0 Å². The van der Waals surface area contributed by atoms with Crippen LogP contribution in [0.3, 0.4) is 0 Å². The van der Waals surface area contributed by atoms with Crippen molar-refractivity contribution in [3.8, 4) is 0 Å². The van der Waals surface area contributed by atoms with Crippen LogP contribution in [0.15, 0.2) is 9.59 Å². The fourth-order valence-corrected chi connectivity index (χ4v) is 0.987. The molecule has 1 rings (SSSR count). The molecule has 0 amide bonds. The zero-order valence-electron chi connectivity index (χ0n) is 7.09. The molecule has 0 atom stereocenters. The molecule has 0 aliphatic carbocycles. The van der Waals surface area contributed by atoms with E-state index in [1.54, 1.807) is 0 Å². The fourth-order valence-electron chi connectivity index (χ4n) is 0.987. The molecule has 0 aliphatic rings. The van der Waals surface area contributed by atoms with Crippen LogP contribution >= 0.6 is 0 Å². The molecule has 4 nitrogen and oxygen atoms in total. The van der Waals surface area contributed by atoms with Crippen molar-refractivity contribution in [3.05, 3.63) is 32.3 Å². The summed E-state index contributed by atoms with van der Waals surface area (Å²) >= 11 is 0. The van der Waals surface area contributed by atoms with Crippen LogP contribution in [-0.2, 0) is 14.1 Å². The molecule has 1 heterocycles. The third-order valence-electron chi connectivity index (χ3n) is 1.80. The molecular formula is C7H9FN2O2. The molecule has 1 aromatic rings. The summed E-state index contributed by atoms with van der Waals surface area (Å²) in [5.41, 5.74) is -1.28. The minimum absolute atomic E-state index is 0.0420. The number of rotatable bonds is 0. The molecule has 0 aliphatic heterocycles. The first kappa shape index (κ1) is 8.70. The fraction of sp³-hybridized carbons (Fsp3) is 0.429. The van der Waals surface area contributed by atoms with E-state index in [2.05, 4.69) is 0 Å². The van der Waals surface area contributed by atoms with Crippen LogP contribution < -0.4 is 11.2 Å². The van der Waals surface area contributed by atoms with Gasteiger partial charge in [-0.3, -0.25) is 13.9 Å². The van der Waals surface area contributed by atoms with Crippen LogP contribution in [0.4, 0.5) is 4.39 Å². The second-order valence-electron chi connectivity index (χ2n) is 2.62. The highest BCUT2D eigenvalue weighted by Crippen LogP contribution is 1.93. The molecule has 0 saturated carbocycles. The zero-order valence-corrected chi connectivity index (χ0v) is 7.09. The second-order valence-corrected chi connectivity index (χ2v) is 2.62. The van der Waals surface area contributed by atoms with Gasteiger partial charge < -0.3 is 0 Å². The molecule has 0 bridgehead atoms. The van der Waals surface area contributed by atoms with E-state index in [1.165, 1.54) is 21.0 Å². The summed E-state index contributed by atoms with van der Waals surface area (Å²) in [7, 11) is 2.60. The Labute approximate surface area is 67.9 Å². The summed E-state index contributed by atoms with van der Waals surface area (Å²) in [5, 5.41) is 0. The predicted molar refractivity (Wildman–Crippen MR) is 41.6 cm³/mol. The maximum Gasteiger partial charge on any atom is 0.332 e. The van der Waals surface area contributed by atoms with Gasteiger partial charge in [-0.15, -0.1) is 0 Å². The molecule has 0 fully saturated rings. The number of nitrogens with zero attached hydrogens (tertiary/aromatic N) is 2. The number of hydrogen-bond acceptors (Lipinski definition) is 2. The van der Waals surface area contributed by atoms with E-state index >= 15 is 0 Å². The quantitative estimate of drug-likeness (QED) is 0.497. The van der Waals surface area contributed by atoms with E-state index in [9.17, 15) is 14.0 Å². The third kappa shape index (κ3) is 0.975. The maximum atomic E-state index is 13.0. The van der Waals surface area contributed by atoms with E-state index in [0.717, 1.165) is 9.13 Å². The Morgan fingerprint density at radius 1 is 1.17 bits per heavy atom. The van der Waals surface area contributed by atoms with Crippen LogP contribution in [0.1, 0.15) is 5.56 Å². The molecule has 0 aromatic carbocycles. The summed E-state index contributed by atoms with van der Waals surface area (Å²) in [4.78, 5) is 22.1. The largest absolute Gasteiger partial charge is 0.332 e. The Morgan fingerprint density at radius 3 is 2.17 bits per heavy atom. The Balaban J connectivity index is 3.86. The molecule has 66 valence electrons. The monoisotopic (exact) mass is 172 g/mol. The van der Waals surface area contributed by atoms with E-state index in [4.69, 9.17) is 0 Å². The summed E-state index contributed by atoms with van der Waals surface area (Å²) in [6.07, 6.45) is 0. The Morgan fingerprint density at radius 2 is 1.67 bits per heavy atom. The predicted octanol–water partition coefficient (Wildman–Crippen LogP) is -0.468. The minimum atomic E-state index is -0.775. The van der Waals surface area contributed by atoms with Gasteiger partial charge in [0.1, 0.15) is 0 Å². The molecule has 5 heteroatoms. The van der Waals surface area contributed by atoms with Crippen LogP contribution in [0.2, 0.25) is 0 Å². The van der Waals surface area contributed by atoms with Gasteiger partial charge in [-0.1, -0.05) is 0 Å². The van der Waals surface area contributed by atoms with Crippen LogP contribution in [-0.4, -0.2) is 9.13 Å². The van der Waals surface area contributed by atoms with Gasteiger partial charge in [0.25, 0.3) is 5.56 Å². The minimum Gasteiger partial charge on any atom is -0.273 e. The lowest BCUT2D eigenvalue weighted by Gasteiger charge is -2.04. The summed E-state index contributed by atoms with van der Waals surface area (Å²) < 4.78 is 14.7. The van der Waals surface area contributed by atoms with E-state index in [-0.39, 0.29) is 5.56 Å². The summed E-state index contributed by atoms with van der Waals surface area (Å²) in [6, 6.07) is 0. The summed E-state index contributed by atoms with van der Waals surface area (Å²) in [5.74, 6) is -0.775. The van der Waals surface area contributed by atoms with E-state index < -0.39 is 17.2 Å². The van der Waals surface area contributed by atoms with Gasteiger partial charge in [-0.2, -0.15) is 4.39 Å². The molecule has 12 heavy (non-hydrogen) atoms. The summed E-state index contributed by atoms with van der Waals surface area (Å²) in [6.45, 7) is 1.34. The number of aromatic nitrogens is 2. The molecule has 0 spiro atoms. The van der Waals surface area contributed by atoms with Gasteiger partial charge in [0, 0.05) is 14.1 Å². The smallest absolute Gasteiger partial charge is 0.273 e. The molecule has 0 N–H and O–H groups in total. The van der Waals surface area contributed by atoms with Crippen molar-refractivity contribution in [1.82, 2.24) is 9.13 Å². The average molecular weight is 172 g/mol. The van der Waals surface area contributed by atoms with E-state index in [1.807, 2.05) is 0 Å². The van der Waals surface area contributed by atoms with Crippen molar-refractivity contribution >= 4 is 0 Å². The van der Waals surface area contributed by atoms with Crippen LogP contribution in [0.25, 0.3) is 0 Å². The van der Waals surface area contributed by atoms with Gasteiger partial charge in [0.15, 0.2) is 0 Å². The second kappa shape index (κ2) is 2.58. The maximum absolute atomic E-state index is 13.0. The lowest BCUT2D eigenvalue weighted by atomic mass is 10.4. The SMILES string of the molecule is Cc1c(F)n(C)c(=O)n(C)c1=O. The standard InChI is InChI=1S/C7H9FN2O2/c1-4-5(8)9(2)7(12)10(3)6(4)11/h1-3H3. The highest BCUT2D eigenvalue weighted by Gasteiger charge is 2.09. The first-order valence-electron chi connectivity index (χ1n) is 3.39. The molecule has 0 radical (unpaired) electrons. The van der Waals surface area contributed by atoms with Gasteiger partial charge in [-0.05, 0) is 6.92 Å². The van der Waals surface area contributed by atoms with Crippen LogP contribution in [0, 0.1) is 12.9 Å². The zero-order chi connectivity index (χ0) is 9.46. The average Bonchev–Trinajstić information content (AvgIpc) is 2.08. The van der Waals surface area contributed by atoms with Gasteiger partial charge >= 0.3 is 5.69 Å². The molecule has 0 saturated heterocycles. The lowest BCUT2D eigenvalue weighted by Crippen LogP contribution is -2.39. The Kier molecular flexibility index (Phi) is 1.87. The lowest BCUT2D eigenvalue weighted by molar-refractivity contribution is 0.476. The highest BCUT2D eigenvalue weighted by atomic mass is 19.1. The van der Waals surface area contributed by atoms with Crippen molar-refractivity contribution in [2.24, 2.45) is 14.1 Å². The van der Waals surface area contributed by atoms with Gasteiger partial charge in [0.2, 0.25) is 5.95 Å². The Hall–Kier alpha value is -1.39. The number of hydrogen-bond donors (Lipinski definition) is 0. The normalized spacial score (nSPS) is 10.3. The van der Waals surface area contributed by atoms with Crippen molar-refractivity contribution in [3.63, 3.8) is 0 Å². The molecular weight excluding hydrogens is 163 g/mol. The van der Waals surface area contributed by atoms with Crippen LogP contribution in [0.5, 0.6) is 0 Å². The van der Waals surface area contributed by atoms with Crippen molar-refractivity contribution < 1.29 is 4.39 Å². The third-order valence-corrected chi connectivity index (χ3v) is 1.80. The highest BCUT2D eigenvalue weighted by molar-refractivity contribution is 5.04. The molecule has 0 unspecified atom stereocenters. The number of halogens is 1. The van der Waals surface area contributed by atoms with Crippen molar-refractivity contribution in [2.75, 3.05) is 0 Å². The van der Waals surface area contributed by atoms with Gasteiger partial charge in [0.05, 0.1) is 5.56 Å². The first-order valence-corrected chi connectivity index (χ1v) is 3.39. The molecule has 1 aromatic heterocycles. The van der Waals surface area contributed by atoms with Gasteiger partial charge in [-0.25, -0.2) is 4.79 Å². The first-order chi connectivity index (χ1) is 5.46. The Bertz CT molecular complexity index is 393. The van der Waals surface area contributed by atoms with Crippen molar-refractivity contribution in [2.45, 2.75) is 6.92 Å². The van der Waals surface area contributed by atoms with E-state index in [0.29, 0.717) is 0 Å².